The SMILES string of the molecule is CNc1cc(-c2ccccc2)sc1CCc1ccccc1C(=O)OC. The van der Waals surface area contributed by atoms with E-state index in [1.54, 1.807) is 11.3 Å². The topological polar surface area (TPSA) is 38.3 Å². The third-order valence-corrected chi connectivity index (χ3v) is 5.42. The van der Waals surface area contributed by atoms with Gasteiger partial charge in [0.05, 0.1) is 12.7 Å². The Morgan fingerprint density at radius 1 is 1.04 bits per heavy atom. The van der Waals surface area contributed by atoms with Crippen molar-refractivity contribution in [3.05, 3.63) is 76.7 Å². The molecule has 0 saturated carbocycles. The van der Waals surface area contributed by atoms with Gasteiger partial charge in [-0.05, 0) is 36.1 Å². The first kappa shape index (κ1) is 17.2. The van der Waals surface area contributed by atoms with E-state index in [-0.39, 0.29) is 5.97 Å². The number of aryl methyl sites for hydroxylation is 2. The molecule has 128 valence electrons. The van der Waals surface area contributed by atoms with Gasteiger partial charge in [-0.2, -0.15) is 0 Å². The Labute approximate surface area is 152 Å². The fourth-order valence-electron chi connectivity index (χ4n) is 2.87. The molecular formula is C21H21NO2S. The molecular weight excluding hydrogens is 330 g/mol. The summed E-state index contributed by atoms with van der Waals surface area (Å²) < 4.78 is 4.89. The molecule has 0 amide bonds. The van der Waals surface area contributed by atoms with Gasteiger partial charge < -0.3 is 10.1 Å². The first-order valence-electron chi connectivity index (χ1n) is 8.25. The zero-order valence-corrected chi connectivity index (χ0v) is 15.2. The minimum absolute atomic E-state index is 0.277. The number of carbonyl (C=O) groups is 1. The summed E-state index contributed by atoms with van der Waals surface area (Å²) in [6, 6.07) is 20.2. The molecule has 1 N–H and O–H groups in total. The number of hydrogen-bond acceptors (Lipinski definition) is 4. The highest BCUT2D eigenvalue weighted by Crippen LogP contribution is 2.35. The predicted molar refractivity (Wildman–Crippen MR) is 104 cm³/mol. The Morgan fingerprint density at radius 2 is 1.76 bits per heavy atom. The second-order valence-electron chi connectivity index (χ2n) is 5.71. The van der Waals surface area contributed by atoms with Crippen molar-refractivity contribution in [2.24, 2.45) is 0 Å². The molecule has 0 aliphatic rings. The average Bonchev–Trinajstić information content (AvgIpc) is 3.10. The lowest BCUT2D eigenvalue weighted by molar-refractivity contribution is 0.0599. The highest BCUT2D eigenvalue weighted by Gasteiger charge is 2.13. The second-order valence-corrected chi connectivity index (χ2v) is 6.85. The lowest BCUT2D eigenvalue weighted by Gasteiger charge is -2.08. The first-order chi connectivity index (χ1) is 12.2. The summed E-state index contributed by atoms with van der Waals surface area (Å²) in [6.45, 7) is 0. The number of thiophene rings is 1. The molecule has 0 aliphatic heterocycles. The summed E-state index contributed by atoms with van der Waals surface area (Å²) >= 11 is 1.80. The van der Waals surface area contributed by atoms with E-state index in [0.29, 0.717) is 5.56 Å². The van der Waals surface area contributed by atoms with Crippen molar-refractivity contribution in [2.45, 2.75) is 12.8 Å². The van der Waals surface area contributed by atoms with Crippen LogP contribution in [0.1, 0.15) is 20.8 Å². The van der Waals surface area contributed by atoms with Gasteiger partial charge in [-0.15, -0.1) is 11.3 Å². The number of methoxy groups -OCH3 is 1. The Morgan fingerprint density at radius 3 is 2.48 bits per heavy atom. The zero-order valence-electron chi connectivity index (χ0n) is 14.4. The van der Waals surface area contributed by atoms with Crippen molar-refractivity contribution in [1.29, 1.82) is 0 Å². The fraction of sp³-hybridized carbons (Fsp3) is 0.190. The molecule has 3 aromatic rings. The molecule has 2 aromatic carbocycles. The number of rotatable bonds is 6. The van der Waals surface area contributed by atoms with Crippen LogP contribution < -0.4 is 5.32 Å². The number of carbonyl (C=O) groups excluding carboxylic acids is 1. The van der Waals surface area contributed by atoms with Gasteiger partial charge in [-0.1, -0.05) is 48.5 Å². The van der Waals surface area contributed by atoms with Crippen LogP contribution in [0.2, 0.25) is 0 Å². The molecule has 3 rings (SSSR count). The van der Waals surface area contributed by atoms with Gasteiger partial charge in [-0.25, -0.2) is 4.79 Å². The molecule has 1 heterocycles. The fourth-order valence-corrected chi connectivity index (χ4v) is 4.04. The van der Waals surface area contributed by atoms with Crippen LogP contribution in [-0.2, 0) is 17.6 Å². The lowest BCUT2D eigenvalue weighted by atomic mass is 10.0. The van der Waals surface area contributed by atoms with Crippen molar-refractivity contribution in [3.63, 3.8) is 0 Å². The average molecular weight is 351 g/mol. The standard InChI is InChI=1S/C21H21NO2S/c1-22-18-14-20(16-9-4-3-5-10-16)25-19(18)13-12-15-8-6-7-11-17(15)21(23)24-2/h3-11,14,22H,12-13H2,1-2H3. The minimum atomic E-state index is -0.277. The van der Waals surface area contributed by atoms with Crippen LogP contribution in [0.25, 0.3) is 10.4 Å². The minimum Gasteiger partial charge on any atom is -0.465 e. The maximum atomic E-state index is 11.9. The molecule has 25 heavy (non-hydrogen) atoms. The highest BCUT2D eigenvalue weighted by atomic mass is 32.1. The molecule has 0 spiro atoms. The molecule has 3 nitrogen and oxygen atoms in total. The van der Waals surface area contributed by atoms with Crippen molar-refractivity contribution >= 4 is 23.0 Å². The van der Waals surface area contributed by atoms with E-state index in [1.165, 1.54) is 22.4 Å². The number of benzene rings is 2. The summed E-state index contributed by atoms with van der Waals surface area (Å²) in [5.74, 6) is -0.277. The van der Waals surface area contributed by atoms with Crippen LogP contribution in [0.15, 0.2) is 60.7 Å². The smallest absolute Gasteiger partial charge is 0.338 e. The zero-order chi connectivity index (χ0) is 17.6. The Hall–Kier alpha value is -2.59. The largest absolute Gasteiger partial charge is 0.465 e. The summed E-state index contributed by atoms with van der Waals surface area (Å²) in [5, 5.41) is 3.29. The Bertz CT molecular complexity index is 855. The van der Waals surface area contributed by atoms with Crippen LogP contribution in [0, 0.1) is 0 Å². The highest BCUT2D eigenvalue weighted by molar-refractivity contribution is 7.16. The van der Waals surface area contributed by atoms with E-state index >= 15 is 0 Å². The molecule has 1 aromatic heterocycles. The number of esters is 1. The van der Waals surface area contributed by atoms with E-state index in [0.717, 1.165) is 24.1 Å². The van der Waals surface area contributed by atoms with Gasteiger partial charge in [0.1, 0.15) is 0 Å². The third kappa shape index (κ3) is 3.91. The molecule has 0 atom stereocenters. The lowest BCUT2D eigenvalue weighted by Crippen LogP contribution is -2.06. The summed E-state index contributed by atoms with van der Waals surface area (Å²) in [5.41, 5.74) is 4.05. The summed E-state index contributed by atoms with van der Waals surface area (Å²) in [7, 11) is 3.37. The van der Waals surface area contributed by atoms with E-state index < -0.39 is 0 Å². The quantitative estimate of drug-likeness (QED) is 0.633. The normalized spacial score (nSPS) is 10.5. The first-order valence-corrected chi connectivity index (χ1v) is 9.06. The molecule has 0 aliphatic carbocycles. The van der Waals surface area contributed by atoms with Crippen LogP contribution >= 0.6 is 11.3 Å². The van der Waals surface area contributed by atoms with Crippen LogP contribution in [0.4, 0.5) is 5.69 Å². The van der Waals surface area contributed by atoms with Crippen molar-refractivity contribution < 1.29 is 9.53 Å². The van der Waals surface area contributed by atoms with Crippen LogP contribution in [0.3, 0.4) is 0 Å². The van der Waals surface area contributed by atoms with Crippen LogP contribution in [0.5, 0.6) is 0 Å². The summed E-state index contributed by atoms with van der Waals surface area (Å²) in [6.07, 6.45) is 1.68. The molecule has 0 radical (unpaired) electrons. The molecule has 0 unspecified atom stereocenters. The van der Waals surface area contributed by atoms with Gasteiger partial charge in [0.2, 0.25) is 0 Å². The number of anilines is 1. The van der Waals surface area contributed by atoms with Crippen LogP contribution in [-0.4, -0.2) is 20.1 Å². The molecule has 0 bridgehead atoms. The molecule has 4 heteroatoms. The monoisotopic (exact) mass is 351 g/mol. The van der Waals surface area contributed by atoms with Crippen molar-refractivity contribution in [1.82, 2.24) is 0 Å². The van der Waals surface area contributed by atoms with E-state index in [9.17, 15) is 4.79 Å². The Kier molecular flexibility index (Phi) is 5.51. The van der Waals surface area contributed by atoms with Crippen molar-refractivity contribution in [2.75, 3.05) is 19.5 Å². The van der Waals surface area contributed by atoms with Gasteiger partial charge >= 0.3 is 5.97 Å². The van der Waals surface area contributed by atoms with Gasteiger partial charge in [0.15, 0.2) is 0 Å². The van der Waals surface area contributed by atoms with Gasteiger partial charge in [-0.3, -0.25) is 0 Å². The molecule has 0 saturated heterocycles. The van der Waals surface area contributed by atoms with Crippen molar-refractivity contribution in [3.8, 4) is 10.4 Å². The third-order valence-electron chi connectivity index (χ3n) is 4.18. The molecule has 0 fully saturated rings. The van der Waals surface area contributed by atoms with E-state index in [1.807, 2.05) is 37.4 Å². The predicted octanol–water partition coefficient (Wildman–Crippen LogP) is 5.03. The maximum absolute atomic E-state index is 11.9. The van der Waals surface area contributed by atoms with E-state index in [2.05, 4.69) is 35.6 Å². The summed E-state index contributed by atoms with van der Waals surface area (Å²) in [4.78, 5) is 14.5. The Balaban J connectivity index is 1.82. The number of hydrogen-bond donors (Lipinski definition) is 1. The maximum Gasteiger partial charge on any atom is 0.338 e. The van der Waals surface area contributed by atoms with E-state index in [4.69, 9.17) is 4.74 Å². The number of nitrogens with one attached hydrogen (secondary N) is 1. The van der Waals surface area contributed by atoms with Gasteiger partial charge in [0, 0.05) is 22.5 Å². The second kappa shape index (κ2) is 7.99. The number of ether oxygens (including phenoxy) is 1. The van der Waals surface area contributed by atoms with Gasteiger partial charge in [0.25, 0.3) is 0 Å².